The van der Waals surface area contributed by atoms with E-state index in [1.807, 2.05) is 0 Å². The van der Waals surface area contributed by atoms with E-state index in [4.69, 9.17) is 21.4 Å². The fourth-order valence-electron chi connectivity index (χ4n) is 1.88. The van der Waals surface area contributed by atoms with Gasteiger partial charge in [-0.15, -0.1) is 11.6 Å². The van der Waals surface area contributed by atoms with Crippen LogP contribution in [0, 0.1) is 5.92 Å². The quantitative estimate of drug-likeness (QED) is 0.740. The summed E-state index contributed by atoms with van der Waals surface area (Å²) in [6, 6.07) is 0. The largest absolute Gasteiger partial charge is 0.480 e. The first-order chi connectivity index (χ1) is 7.04. The summed E-state index contributed by atoms with van der Waals surface area (Å²) >= 11 is 5.69. The molecule has 1 heterocycles. The number of piperidine rings is 1. The Morgan fingerprint density at radius 1 is 1.73 bits per heavy atom. The van der Waals surface area contributed by atoms with Crippen LogP contribution in [-0.2, 0) is 9.53 Å². The van der Waals surface area contributed by atoms with Crippen LogP contribution in [-0.4, -0.2) is 54.2 Å². The van der Waals surface area contributed by atoms with Gasteiger partial charge in [-0.1, -0.05) is 6.92 Å². The summed E-state index contributed by atoms with van der Waals surface area (Å²) in [6.45, 7) is 4.22. The molecule has 3 atom stereocenters. The highest BCUT2D eigenvalue weighted by molar-refractivity contribution is 6.29. The van der Waals surface area contributed by atoms with Crippen LogP contribution in [0.25, 0.3) is 0 Å². The molecule has 3 unspecified atom stereocenters. The second-order valence-corrected chi connectivity index (χ2v) is 4.63. The molecule has 1 rings (SSSR count). The van der Waals surface area contributed by atoms with Gasteiger partial charge in [0.1, 0.15) is 5.38 Å². The number of nitrogens with zero attached hydrogens (tertiary/aromatic N) is 1. The Labute approximate surface area is 95.2 Å². The Bertz CT molecular complexity index is 225. The minimum atomic E-state index is -0.954. The minimum absolute atomic E-state index is 0.191. The molecule has 0 aromatic heterocycles. The minimum Gasteiger partial charge on any atom is -0.480 e. The lowest BCUT2D eigenvalue weighted by Gasteiger charge is -2.36. The van der Waals surface area contributed by atoms with E-state index in [2.05, 4.69) is 11.8 Å². The first-order valence-electron chi connectivity index (χ1n) is 5.16. The SMILES string of the molecule is COC1CN(CC(Cl)C(=O)O)CCC1C. The number of methoxy groups -OCH3 is 1. The van der Waals surface area contributed by atoms with Crippen LogP contribution in [0.15, 0.2) is 0 Å². The standard InChI is InChI=1S/C10H18ClNO3/c1-7-3-4-12(6-9(7)15-2)5-8(11)10(13)14/h7-9H,3-6H2,1-2H3,(H,13,14). The summed E-state index contributed by atoms with van der Waals surface area (Å²) in [5.74, 6) is -0.422. The van der Waals surface area contributed by atoms with Crippen molar-refractivity contribution in [1.29, 1.82) is 0 Å². The Balaban J connectivity index is 2.41. The molecule has 1 fully saturated rings. The normalized spacial score (nSPS) is 30.1. The van der Waals surface area contributed by atoms with Crippen molar-refractivity contribution in [1.82, 2.24) is 4.90 Å². The van der Waals surface area contributed by atoms with E-state index in [1.54, 1.807) is 7.11 Å². The zero-order chi connectivity index (χ0) is 11.4. The van der Waals surface area contributed by atoms with Crippen LogP contribution in [0.1, 0.15) is 13.3 Å². The molecule has 88 valence electrons. The lowest BCUT2D eigenvalue weighted by atomic mass is 9.96. The van der Waals surface area contributed by atoms with Gasteiger partial charge in [0.25, 0.3) is 0 Å². The molecule has 0 aromatic carbocycles. The molecule has 5 heteroatoms. The van der Waals surface area contributed by atoms with Crippen molar-refractivity contribution in [3.05, 3.63) is 0 Å². The van der Waals surface area contributed by atoms with Crippen molar-refractivity contribution < 1.29 is 14.6 Å². The molecule has 1 aliphatic rings. The maximum atomic E-state index is 10.6. The van der Waals surface area contributed by atoms with Crippen LogP contribution < -0.4 is 0 Å². The number of alkyl halides is 1. The molecule has 1 N–H and O–H groups in total. The Morgan fingerprint density at radius 3 is 2.93 bits per heavy atom. The number of hydrogen-bond acceptors (Lipinski definition) is 3. The summed E-state index contributed by atoms with van der Waals surface area (Å²) in [6.07, 6.45) is 1.22. The second kappa shape index (κ2) is 5.68. The molecule has 15 heavy (non-hydrogen) atoms. The monoisotopic (exact) mass is 235 g/mol. The van der Waals surface area contributed by atoms with E-state index in [-0.39, 0.29) is 6.10 Å². The Morgan fingerprint density at radius 2 is 2.40 bits per heavy atom. The van der Waals surface area contributed by atoms with E-state index in [0.29, 0.717) is 12.5 Å². The van der Waals surface area contributed by atoms with Gasteiger partial charge in [0.2, 0.25) is 0 Å². The summed E-state index contributed by atoms with van der Waals surface area (Å²) < 4.78 is 5.34. The van der Waals surface area contributed by atoms with Crippen LogP contribution in [0.5, 0.6) is 0 Å². The van der Waals surface area contributed by atoms with Gasteiger partial charge in [0.05, 0.1) is 6.10 Å². The van der Waals surface area contributed by atoms with Crippen LogP contribution in [0.2, 0.25) is 0 Å². The van der Waals surface area contributed by atoms with Crippen molar-refractivity contribution in [2.45, 2.75) is 24.8 Å². The average Bonchev–Trinajstić information content (AvgIpc) is 2.20. The first kappa shape index (κ1) is 12.7. The third-order valence-electron chi connectivity index (χ3n) is 2.96. The number of halogens is 1. The van der Waals surface area contributed by atoms with Gasteiger partial charge in [0.15, 0.2) is 0 Å². The summed E-state index contributed by atoms with van der Waals surface area (Å²) in [5.41, 5.74) is 0. The first-order valence-corrected chi connectivity index (χ1v) is 5.60. The van der Waals surface area contributed by atoms with Gasteiger partial charge < -0.3 is 9.84 Å². The third kappa shape index (κ3) is 3.63. The fraction of sp³-hybridized carbons (Fsp3) is 0.900. The molecule has 0 radical (unpaired) electrons. The molecule has 1 aliphatic heterocycles. The molecule has 1 saturated heterocycles. The molecule has 0 bridgehead atoms. The number of likely N-dealkylation sites (tertiary alicyclic amines) is 1. The fourth-order valence-corrected chi connectivity index (χ4v) is 2.07. The van der Waals surface area contributed by atoms with E-state index in [9.17, 15) is 4.79 Å². The number of ether oxygens (including phenoxy) is 1. The van der Waals surface area contributed by atoms with E-state index >= 15 is 0 Å². The Hall–Kier alpha value is -0.320. The van der Waals surface area contributed by atoms with E-state index in [0.717, 1.165) is 19.5 Å². The lowest BCUT2D eigenvalue weighted by molar-refractivity contribution is -0.137. The summed E-state index contributed by atoms with van der Waals surface area (Å²) in [7, 11) is 1.69. The average molecular weight is 236 g/mol. The number of carbonyl (C=O) groups is 1. The second-order valence-electron chi connectivity index (χ2n) is 4.11. The van der Waals surface area contributed by atoms with Gasteiger partial charge in [0, 0.05) is 20.2 Å². The third-order valence-corrected chi connectivity index (χ3v) is 3.29. The molecule has 0 saturated carbocycles. The molecule has 0 aromatic rings. The predicted molar refractivity (Wildman–Crippen MR) is 58.3 cm³/mol. The molecular formula is C10H18ClNO3. The zero-order valence-corrected chi connectivity index (χ0v) is 9.91. The number of aliphatic carboxylic acids is 1. The topological polar surface area (TPSA) is 49.8 Å². The van der Waals surface area contributed by atoms with E-state index in [1.165, 1.54) is 0 Å². The number of hydrogen-bond donors (Lipinski definition) is 1. The van der Waals surface area contributed by atoms with Gasteiger partial charge in [-0.25, -0.2) is 0 Å². The van der Waals surface area contributed by atoms with Crippen molar-refractivity contribution in [2.75, 3.05) is 26.7 Å². The lowest BCUT2D eigenvalue weighted by Crippen LogP contribution is -2.46. The predicted octanol–water partition coefficient (Wildman–Crippen LogP) is 1.04. The van der Waals surface area contributed by atoms with Crippen molar-refractivity contribution >= 4 is 17.6 Å². The van der Waals surface area contributed by atoms with Crippen LogP contribution in [0.4, 0.5) is 0 Å². The smallest absolute Gasteiger partial charge is 0.322 e. The summed E-state index contributed by atoms with van der Waals surface area (Å²) in [4.78, 5) is 12.7. The molecular weight excluding hydrogens is 218 g/mol. The number of carboxylic acid groups (broad SMARTS) is 1. The van der Waals surface area contributed by atoms with Crippen molar-refractivity contribution in [3.63, 3.8) is 0 Å². The van der Waals surface area contributed by atoms with E-state index < -0.39 is 11.3 Å². The zero-order valence-electron chi connectivity index (χ0n) is 9.15. The molecule has 0 amide bonds. The van der Waals surface area contributed by atoms with Crippen LogP contribution >= 0.6 is 11.6 Å². The maximum Gasteiger partial charge on any atom is 0.322 e. The van der Waals surface area contributed by atoms with Crippen LogP contribution in [0.3, 0.4) is 0 Å². The number of carboxylic acids is 1. The molecule has 0 spiro atoms. The highest BCUT2D eigenvalue weighted by Crippen LogP contribution is 2.19. The Kier molecular flexibility index (Phi) is 4.83. The maximum absolute atomic E-state index is 10.6. The molecule has 0 aliphatic carbocycles. The van der Waals surface area contributed by atoms with Gasteiger partial charge >= 0.3 is 5.97 Å². The highest BCUT2D eigenvalue weighted by Gasteiger charge is 2.28. The van der Waals surface area contributed by atoms with Crippen molar-refractivity contribution in [2.24, 2.45) is 5.92 Å². The summed E-state index contributed by atoms with van der Waals surface area (Å²) in [5, 5.41) is 7.87. The van der Waals surface area contributed by atoms with Gasteiger partial charge in [-0.05, 0) is 18.9 Å². The number of rotatable bonds is 4. The molecule has 4 nitrogen and oxygen atoms in total. The van der Waals surface area contributed by atoms with Gasteiger partial charge in [-0.2, -0.15) is 0 Å². The van der Waals surface area contributed by atoms with Crippen molar-refractivity contribution in [3.8, 4) is 0 Å². The van der Waals surface area contributed by atoms with Gasteiger partial charge in [-0.3, -0.25) is 9.69 Å². The highest BCUT2D eigenvalue weighted by atomic mass is 35.5.